The van der Waals surface area contributed by atoms with Gasteiger partial charge in [-0.15, -0.1) is 0 Å². The highest BCUT2D eigenvalue weighted by Crippen LogP contribution is 2.53. The van der Waals surface area contributed by atoms with Crippen molar-refractivity contribution in [3.05, 3.63) is 12.2 Å². The van der Waals surface area contributed by atoms with Crippen LogP contribution in [-0.4, -0.2) is 112 Å². The maximum absolute atomic E-state index is 13.3. The van der Waals surface area contributed by atoms with Crippen LogP contribution in [0, 0.1) is 0 Å². The Morgan fingerprint density at radius 1 is 0.449 bits per heavy atom. The molecule has 0 heterocycles. The third kappa shape index (κ3) is 35.0. The second kappa shape index (κ2) is 36.9. The first-order chi connectivity index (χ1) is 32.5. The quantitative estimate of drug-likeness (QED) is 0.0119. The normalized spacial score (nSPS) is 21.6. The molecule has 0 aromatic heterocycles. The fourth-order valence-electron chi connectivity index (χ4n) is 7.72. The average molecular weight is 1080 g/mol. The van der Waals surface area contributed by atoms with Crippen molar-refractivity contribution in [1.29, 1.82) is 0 Å². The van der Waals surface area contributed by atoms with Gasteiger partial charge in [-0.1, -0.05) is 154 Å². The van der Waals surface area contributed by atoms with Gasteiger partial charge in [0.05, 0.1) is 6.61 Å². The van der Waals surface area contributed by atoms with Crippen LogP contribution in [0.4, 0.5) is 0 Å². The Labute approximate surface area is 408 Å². The molecule has 9 N–H and O–H groups in total. The Morgan fingerprint density at radius 3 is 1.20 bits per heavy atom. The fraction of sp³-hybridized carbons (Fsp3) is 0.907. The van der Waals surface area contributed by atoms with E-state index in [0.29, 0.717) is 19.3 Å². The first-order valence-corrected chi connectivity index (χ1v) is 30.8. The lowest BCUT2D eigenvalue weighted by Gasteiger charge is -2.45. The molecule has 0 bridgehead atoms. The molecular formula is C43H84O22P4. The molecule has 69 heavy (non-hydrogen) atoms. The number of aliphatic hydroxyl groups excluding tert-OH is 2. The van der Waals surface area contributed by atoms with E-state index >= 15 is 0 Å². The van der Waals surface area contributed by atoms with E-state index in [9.17, 15) is 72.3 Å². The standard InChI is InChI=1S/C43H84O22P4/c1-3-5-7-9-11-13-15-17-18-20-21-23-25-27-29-31-36(44)59-33-35(61-37(45)32-30-28-26-24-22-19-16-14-12-10-8-6-4-2)34-60-69(57,58)65-40-38(46)41(62-66(48,49)50)43(64-68(54,55)56)42(39(40)47)63-67(51,52)53/h14,16,35,38-43,46-47H,3-13,15,17-34H2,1-2H3,(H,57,58)(H2,48,49,50)(H2,51,52,53)(H2,54,55,56)/t35-,38?,39?,40?,41+,42?,43?/m1/s1. The summed E-state index contributed by atoms with van der Waals surface area (Å²) in [6.07, 6.45) is 14.3. The van der Waals surface area contributed by atoms with Gasteiger partial charge in [-0.2, -0.15) is 0 Å². The number of phosphoric ester groups is 4. The van der Waals surface area contributed by atoms with Gasteiger partial charge in [0.25, 0.3) is 0 Å². The van der Waals surface area contributed by atoms with Crippen molar-refractivity contribution in [2.75, 3.05) is 13.2 Å². The number of hydrogen-bond donors (Lipinski definition) is 9. The van der Waals surface area contributed by atoms with Crippen LogP contribution in [0.5, 0.6) is 0 Å². The van der Waals surface area contributed by atoms with E-state index in [0.717, 1.165) is 64.2 Å². The molecule has 1 saturated carbocycles. The summed E-state index contributed by atoms with van der Waals surface area (Å²) in [7, 11) is -23.0. The summed E-state index contributed by atoms with van der Waals surface area (Å²) in [5, 5.41) is 21.8. The van der Waals surface area contributed by atoms with E-state index in [4.69, 9.17) is 18.5 Å². The van der Waals surface area contributed by atoms with Crippen molar-refractivity contribution in [3.63, 3.8) is 0 Å². The van der Waals surface area contributed by atoms with Crippen LogP contribution in [-0.2, 0) is 59.9 Å². The zero-order valence-electron chi connectivity index (χ0n) is 40.5. The number of phosphoric acid groups is 4. The zero-order chi connectivity index (χ0) is 51.8. The van der Waals surface area contributed by atoms with Gasteiger partial charge in [-0.05, 0) is 38.5 Å². The van der Waals surface area contributed by atoms with Gasteiger partial charge in [-0.3, -0.25) is 32.2 Å². The molecule has 0 aromatic carbocycles. The number of esters is 2. The van der Waals surface area contributed by atoms with Crippen LogP contribution in [0.2, 0.25) is 0 Å². The summed E-state index contributed by atoms with van der Waals surface area (Å²) < 4.78 is 82.1. The number of rotatable bonds is 43. The van der Waals surface area contributed by atoms with Gasteiger partial charge < -0.3 is 53.9 Å². The molecule has 0 spiro atoms. The number of aliphatic hydroxyl groups is 2. The smallest absolute Gasteiger partial charge is 0.462 e. The van der Waals surface area contributed by atoms with Gasteiger partial charge in [0.2, 0.25) is 0 Å². The molecule has 1 fully saturated rings. The lowest BCUT2D eigenvalue weighted by Crippen LogP contribution is -2.65. The number of carbonyl (C=O) groups is 2. The highest BCUT2D eigenvalue weighted by Gasteiger charge is 2.59. The molecule has 0 aromatic rings. The third-order valence-electron chi connectivity index (χ3n) is 11.3. The predicted octanol–water partition coefficient (Wildman–Crippen LogP) is 8.63. The Kier molecular flexibility index (Phi) is 35.3. The summed E-state index contributed by atoms with van der Waals surface area (Å²) >= 11 is 0. The molecule has 0 amide bonds. The maximum atomic E-state index is 13.3. The van der Waals surface area contributed by atoms with Crippen LogP contribution in [0.3, 0.4) is 0 Å². The maximum Gasteiger partial charge on any atom is 0.472 e. The molecule has 1 rings (SSSR count). The van der Waals surface area contributed by atoms with Crippen molar-refractivity contribution in [1.82, 2.24) is 0 Å². The number of carbonyl (C=O) groups excluding carboxylic acids is 2. The number of ether oxygens (including phenoxy) is 2. The minimum Gasteiger partial charge on any atom is -0.462 e. The molecular weight excluding hydrogens is 992 g/mol. The molecule has 6 unspecified atom stereocenters. The zero-order valence-corrected chi connectivity index (χ0v) is 44.1. The van der Waals surface area contributed by atoms with Gasteiger partial charge in [0, 0.05) is 12.8 Å². The number of allylic oxidation sites excluding steroid dienone is 2. The lowest BCUT2D eigenvalue weighted by atomic mass is 9.85. The molecule has 8 atom stereocenters. The Bertz CT molecular complexity index is 1560. The molecule has 22 nitrogen and oxygen atoms in total. The molecule has 1 aliphatic carbocycles. The summed E-state index contributed by atoms with van der Waals surface area (Å²) in [6, 6.07) is 0. The summed E-state index contributed by atoms with van der Waals surface area (Å²) in [5.74, 6) is -1.40. The van der Waals surface area contributed by atoms with Crippen LogP contribution in [0.1, 0.15) is 194 Å². The second-order valence-electron chi connectivity index (χ2n) is 17.6. The van der Waals surface area contributed by atoms with Crippen LogP contribution in [0.15, 0.2) is 12.2 Å². The van der Waals surface area contributed by atoms with Crippen molar-refractivity contribution in [3.8, 4) is 0 Å². The SMILES string of the molecule is CCCCCCC=CCCCCCCCC(=O)O[C@H](COC(=O)CCCCCCCCCCCCCCCCC)COP(=O)(O)OC1C(O)C(OP(=O)(O)O)C(OP(=O)(O)O)[C@@H](OP(=O)(O)O)C1O. The van der Waals surface area contributed by atoms with Crippen molar-refractivity contribution in [2.45, 2.75) is 236 Å². The van der Waals surface area contributed by atoms with Crippen LogP contribution >= 0.6 is 31.3 Å². The van der Waals surface area contributed by atoms with Crippen LogP contribution in [0.25, 0.3) is 0 Å². The van der Waals surface area contributed by atoms with Gasteiger partial charge in [-0.25, -0.2) is 18.3 Å². The minimum atomic E-state index is -5.79. The molecule has 26 heteroatoms. The lowest BCUT2D eigenvalue weighted by molar-refractivity contribution is -0.209. The first-order valence-electron chi connectivity index (χ1n) is 24.7. The van der Waals surface area contributed by atoms with E-state index in [1.165, 1.54) is 83.5 Å². The predicted molar refractivity (Wildman–Crippen MR) is 254 cm³/mol. The summed E-state index contributed by atoms with van der Waals surface area (Å²) in [4.78, 5) is 92.8. The van der Waals surface area contributed by atoms with Crippen molar-refractivity contribution >= 4 is 43.2 Å². The van der Waals surface area contributed by atoms with Crippen molar-refractivity contribution in [2.24, 2.45) is 0 Å². The van der Waals surface area contributed by atoms with Gasteiger partial charge in [0.1, 0.15) is 43.2 Å². The largest absolute Gasteiger partial charge is 0.472 e. The van der Waals surface area contributed by atoms with E-state index < -0.39 is 99.2 Å². The Morgan fingerprint density at radius 2 is 0.797 bits per heavy atom. The van der Waals surface area contributed by atoms with Crippen molar-refractivity contribution < 1.29 is 104 Å². The molecule has 0 saturated heterocycles. The topological polar surface area (TPSA) is 349 Å². The highest BCUT2D eigenvalue weighted by molar-refractivity contribution is 7.47. The highest BCUT2D eigenvalue weighted by atomic mass is 31.2. The first kappa shape index (κ1) is 66.1. The number of unbranched alkanes of at least 4 members (excludes halogenated alkanes) is 23. The second-order valence-corrected chi connectivity index (χ2v) is 22.6. The molecule has 408 valence electrons. The minimum absolute atomic E-state index is 0.0377. The van der Waals surface area contributed by atoms with E-state index in [1.807, 2.05) is 0 Å². The van der Waals surface area contributed by atoms with E-state index in [-0.39, 0.29) is 12.8 Å². The molecule has 1 aliphatic rings. The third-order valence-corrected chi connectivity index (χ3v) is 13.8. The summed E-state index contributed by atoms with van der Waals surface area (Å²) in [5.41, 5.74) is 0. The molecule has 0 aliphatic heterocycles. The van der Waals surface area contributed by atoms with Crippen LogP contribution < -0.4 is 0 Å². The van der Waals surface area contributed by atoms with E-state index in [2.05, 4.69) is 39.6 Å². The van der Waals surface area contributed by atoms with Gasteiger partial charge in [0.15, 0.2) is 6.10 Å². The molecule has 0 radical (unpaired) electrons. The summed E-state index contributed by atoms with van der Waals surface area (Å²) in [6.45, 7) is 2.74. The van der Waals surface area contributed by atoms with Gasteiger partial charge >= 0.3 is 43.2 Å². The Balaban J connectivity index is 2.89. The van der Waals surface area contributed by atoms with E-state index in [1.54, 1.807) is 0 Å². The Hall–Kier alpha value is -0.960. The fourth-order valence-corrected chi connectivity index (χ4v) is 10.4. The number of hydrogen-bond acceptors (Lipinski definition) is 15. The average Bonchev–Trinajstić information content (AvgIpc) is 3.25. The monoisotopic (exact) mass is 1080 g/mol.